The molecule has 0 fully saturated rings. The third-order valence-electron chi connectivity index (χ3n) is 6.82. The molecule has 1 amide bonds. The summed E-state index contributed by atoms with van der Waals surface area (Å²) < 4.78 is 0. The second-order valence-corrected chi connectivity index (χ2v) is 9.17. The number of aromatic nitrogens is 1. The highest BCUT2D eigenvalue weighted by Crippen LogP contribution is 2.32. The molecule has 4 heteroatoms. The molecule has 33 heavy (non-hydrogen) atoms. The number of para-hydroxylation sites is 1. The Labute approximate surface area is 199 Å². The van der Waals surface area contributed by atoms with Crippen LogP contribution in [0.1, 0.15) is 69.6 Å². The Balaban J connectivity index is 1.71. The Bertz CT molecular complexity index is 991. The minimum absolute atomic E-state index is 0.135. The maximum atomic E-state index is 13.1. The highest BCUT2D eigenvalue weighted by molar-refractivity contribution is 5.87. The van der Waals surface area contributed by atoms with Crippen molar-refractivity contribution in [2.75, 3.05) is 19.6 Å². The molecule has 0 aliphatic carbocycles. The van der Waals surface area contributed by atoms with Crippen LogP contribution in [0, 0.1) is 0 Å². The lowest BCUT2D eigenvalue weighted by Gasteiger charge is -2.21. The van der Waals surface area contributed by atoms with Crippen LogP contribution in [0.2, 0.25) is 0 Å². The standard InChI is InChI=1S/C29H41N3O/c1-5-24-16-11-17-26-27(21-30-29(24)26)25(19-23-14-9-8-10-15-23)20-28(33)31-22(4)13-12-18-32(6-2)7-3/h8-11,14-17,21-22,25,30H,5-7,12-13,18-20H2,1-4H3,(H,31,33). The van der Waals surface area contributed by atoms with Crippen LogP contribution in [0.4, 0.5) is 0 Å². The largest absolute Gasteiger partial charge is 0.361 e. The number of nitrogens with zero attached hydrogens (tertiary/aromatic N) is 1. The smallest absolute Gasteiger partial charge is 0.220 e. The zero-order valence-electron chi connectivity index (χ0n) is 20.9. The van der Waals surface area contributed by atoms with Gasteiger partial charge in [0, 0.05) is 29.6 Å². The van der Waals surface area contributed by atoms with Gasteiger partial charge >= 0.3 is 0 Å². The maximum absolute atomic E-state index is 13.1. The number of benzene rings is 2. The van der Waals surface area contributed by atoms with Crippen molar-refractivity contribution < 1.29 is 4.79 Å². The highest BCUT2D eigenvalue weighted by atomic mass is 16.1. The first-order valence-electron chi connectivity index (χ1n) is 12.7. The molecule has 3 aromatic rings. The second kappa shape index (κ2) is 12.6. The average molecular weight is 448 g/mol. The van der Waals surface area contributed by atoms with Gasteiger partial charge in [-0.2, -0.15) is 0 Å². The van der Waals surface area contributed by atoms with Gasteiger partial charge in [0.05, 0.1) is 0 Å². The minimum atomic E-state index is 0.135. The Kier molecular flexibility index (Phi) is 9.56. The van der Waals surface area contributed by atoms with Crippen molar-refractivity contribution in [2.24, 2.45) is 0 Å². The van der Waals surface area contributed by atoms with Gasteiger partial charge in [0.2, 0.25) is 5.91 Å². The van der Waals surface area contributed by atoms with E-state index in [-0.39, 0.29) is 17.9 Å². The number of rotatable bonds is 13. The molecule has 0 aliphatic heterocycles. The third kappa shape index (κ3) is 6.94. The van der Waals surface area contributed by atoms with Gasteiger partial charge < -0.3 is 15.2 Å². The number of hydrogen-bond acceptors (Lipinski definition) is 2. The van der Waals surface area contributed by atoms with Crippen LogP contribution in [0.15, 0.2) is 54.7 Å². The van der Waals surface area contributed by atoms with Crippen molar-refractivity contribution in [2.45, 2.75) is 71.8 Å². The molecule has 0 radical (unpaired) electrons. The number of amides is 1. The van der Waals surface area contributed by atoms with Gasteiger partial charge in [0.1, 0.15) is 0 Å². The zero-order chi connectivity index (χ0) is 23.6. The lowest BCUT2D eigenvalue weighted by atomic mass is 9.88. The Morgan fingerprint density at radius 1 is 1.03 bits per heavy atom. The summed E-state index contributed by atoms with van der Waals surface area (Å²) in [6, 6.07) is 17.2. The Morgan fingerprint density at radius 3 is 2.48 bits per heavy atom. The molecule has 2 atom stereocenters. The molecule has 0 bridgehead atoms. The van der Waals surface area contributed by atoms with Crippen LogP contribution < -0.4 is 5.32 Å². The molecule has 1 aromatic heterocycles. The highest BCUT2D eigenvalue weighted by Gasteiger charge is 2.21. The number of H-pyrrole nitrogens is 1. The fourth-order valence-electron chi connectivity index (χ4n) is 4.85. The molecular weight excluding hydrogens is 406 g/mol. The van der Waals surface area contributed by atoms with E-state index in [2.05, 4.69) is 91.6 Å². The van der Waals surface area contributed by atoms with Gasteiger partial charge in [-0.1, -0.05) is 69.3 Å². The van der Waals surface area contributed by atoms with E-state index in [1.165, 1.54) is 27.6 Å². The van der Waals surface area contributed by atoms with Gasteiger partial charge in [-0.25, -0.2) is 0 Å². The van der Waals surface area contributed by atoms with Crippen molar-refractivity contribution >= 4 is 16.8 Å². The van der Waals surface area contributed by atoms with E-state index in [1.807, 2.05) is 6.07 Å². The van der Waals surface area contributed by atoms with Crippen LogP contribution in [0.5, 0.6) is 0 Å². The van der Waals surface area contributed by atoms with Crippen molar-refractivity contribution in [1.82, 2.24) is 15.2 Å². The summed E-state index contributed by atoms with van der Waals surface area (Å²) in [6.45, 7) is 12.0. The van der Waals surface area contributed by atoms with E-state index in [0.717, 1.165) is 45.3 Å². The lowest BCUT2D eigenvalue weighted by Crippen LogP contribution is -2.34. The molecule has 0 spiro atoms. The van der Waals surface area contributed by atoms with Gasteiger partial charge in [-0.3, -0.25) is 4.79 Å². The third-order valence-corrected chi connectivity index (χ3v) is 6.82. The molecule has 3 rings (SSSR count). The van der Waals surface area contributed by atoms with Crippen LogP contribution in [0.3, 0.4) is 0 Å². The van der Waals surface area contributed by atoms with Crippen LogP contribution in [-0.2, 0) is 17.6 Å². The molecule has 178 valence electrons. The fourth-order valence-corrected chi connectivity index (χ4v) is 4.85. The molecule has 0 saturated heterocycles. The number of nitrogens with one attached hydrogen (secondary N) is 2. The normalized spacial score (nSPS) is 13.4. The molecule has 4 nitrogen and oxygen atoms in total. The fraction of sp³-hybridized carbons (Fsp3) is 0.483. The molecule has 2 N–H and O–H groups in total. The summed E-state index contributed by atoms with van der Waals surface area (Å²) in [5.41, 5.74) is 5.04. The van der Waals surface area contributed by atoms with E-state index in [9.17, 15) is 4.79 Å². The molecule has 0 saturated carbocycles. The molecular formula is C29H41N3O. The number of carbonyl (C=O) groups excluding carboxylic acids is 1. The van der Waals surface area contributed by atoms with Gasteiger partial charge in [-0.05, 0) is 74.8 Å². The van der Waals surface area contributed by atoms with Gasteiger partial charge in [-0.15, -0.1) is 0 Å². The molecule has 2 unspecified atom stereocenters. The van der Waals surface area contributed by atoms with E-state index in [0.29, 0.717) is 6.42 Å². The quantitative estimate of drug-likeness (QED) is 0.334. The van der Waals surface area contributed by atoms with Crippen molar-refractivity contribution in [1.29, 1.82) is 0 Å². The topological polar surface area (TPSA) is 48.1 Å². The second-order valence-electron chi connectivity index (χ2n) is 9.17. The van der Waals surface area contributed by atoms with E-state index in [1.54, 1.807) is 0 Å². The lowest BCUT2D eigenvalue weighted by molar-refractivity contribution is -0.122. The predicted octanol–water partition coefficient (Wildman–Crippen LogP) is 6.07. The number of carbonyl (C=O) groups is 1. The molecule has 1 heterocycles. The summed E-state index contributed by atoms with van der Waals surface area (Å²) in [5.74, 6) is 0.281. The summed E-state index contributed by atoms with van der Waals surface area (Å²) in [5, 5.41) is 4.52. The van der Waals surface area contributed by atoms with Crippen molar-refractivity contribution in [3.8, 4) is 0 Å². The first-order valence-corrected chi connectivity index (χ1v) is 12.7. The Morgan fingerprint density at radius 2 is 1.79 bits per heavy atom. The SMILES string of the molecule is CCc1cccc2c(C(CC(=O)NC(C)CCCN(CC)CC)Cc3ccccc3)c[nH]c12. The number of aryl methyl sites for hydroxylation is 1. The van der Waals surface area contributed by atoms with Crippen molar-refractivity contribution in [3.63, 3.8) is 0 Å². The first-order chi connectivity index (χ1) is 16.0. The van der Waals surface area contributed by atoms with Crippen LogP contribution in [-0.4, -0.2) is 41.5 Å². The molecule has 0 aliphatic rings. The number of fused-ring (bicyclic) bond motifs is 1. The number of hydrogen-bond donors (Lipinski definition) is 2. The van der Waals surface area contributed by atoms with E-state index >= 15 is 0 Å². The summed E-state index contributed by atoms with van der Waals surface area (Å²) in [7, 11) is 0. The average Bonchev–Trinajstić information content (AvgIpc) is 3.26. The number of aromatic amines is 1. The van der Waals surface area contributed by atoms with Crippen molar-refractivity contribution in [3.05, 3.63) is 71.4 Å². The molecule has 2 aromatic carbocycles. The summed E-state index contributed by atoms with van der Waals surface area (Å²) in [4.78, 5) is 19.0. The monoisotopic (exact) mass is 447 g/mol. The maximum Gasteiger partial charge on any atom is 0.220 e. The summed E-state index contributed by atoms with van der Waals surface area (Å²) >= 11 is 0. The van der Waals surface area contributed by atoms with Gasteiger partial charge in [0.15, 0.2) is 0 Å². The predicted molar refractivity (Wildman–Crippen MR) is 140 cm³/mol. The van der Waals surface area contributed by atoms with Crippen LogP contribution in [0.25, 0.3) is 10.9 Å². The zero-order valence-corrected chi connectivity index (χ0v) is 20.9. The van der Waals surface area contributed by atoms with E-state index in [4.69, 9.17) is 0 Å². The first kappa shape index (κ1) is 25.0. The van der Waals surface area contributed by atoms with Crippen LogP contribution >= 0.6 is 0 Å². The summed E-state index contributed by atoms with van der Waals surface area (Å²) in [6.07, 6.45) is 6.59. The van der Waals surface area contributed by atoms with Gasteiger partial charge in [0.25, 0.3) is 0 Å². The van der Waals surface area contributed by atoms with E-state index < -0.39 is 0 Å². The Hall–Kier alpha value is -2.59. The minimum Gasteiger partial charge on any atom is -0.361 e.